The molecule has 0 rings (SSSR count). The highest BCUT2D eigenvalue weighted by Gasteiger charge is 2.39. The van der Waals surface area contributed by atoms with Gasteiger partial charge >= 0.3 is 11.9 Å². The first-order valence-electron chi connectivity index (χ1n) is 6.68. The third kappa shape index (κ3) is 6.64. The number of ether oxygens (including phenoxy) is 2. The summed E-state index contributed by atoms with van der Waals surface area (Å²) in [6, 6.07) is 0. The second kappa shape index (κ2) is 7.77. The van der Waals surface area contributed by atoms with E-state index in [2.05, 4.69) is 37.2 Å². The first-order valence-corrected chi connectivity index (χ1v) is 8.27. The lowest BCUT2D eigenvalue weighted by Gasteiger charge is -2.29. The van der Waals surface area contributed by atoms with E-state index in [1.807, 2.05) is 0 Å². The molecule has 1 N–H and O–H groups in total. The number of esters is 2. The quantitative estimate of drug-likeness (QED) is 0.480. The van der Waals surface area contributed by atoms with Gasteiger partial charge in [0.15, 0.2) is 0 Å². The van der Waals surface area contributed by atoms with Crippen LogP contribution in [0.5, 0.6) is 0 Å². The lowest BCUT2D eigenvalue weighted by atomic mass is 9.91. The molecule has 0 aliphatic rings. The molecule has 1 amide bonds. The van der Waals surface area contributed by atoms with E-state index in [9.17, 15) is 14.4 Å². The van der Waals surface area contributed by atoms with E-state index in [0.717, 1.165) is 0 Å². The molecule has 0 fully saturated rings. The molecule has 0 saturated heterocycles. The average Bonchev–Trinajstić information content (AvgIpc) is 2.38. The molecule has 0 aromatic heterocycles. The van der Waals surface area contributed by atoms with Gasteiger partial charge in [-0.25, -0.2) is 0 Å². The molecule has 128 valence electrons. The van der Waals surface area contributed by atoms with Gasteiger partial charge in [-0.1, -0.05) is 31.9 Å². The zero-order valence-corrected chi connectivity index (χ0v) is 16.9. The van der Waals surface area contributed by atoms with Crippen LogP contribution in [-0.4, -0.2) is 46.8 Å². The molecule has 0 bridgehead atoms. The lowest BCUT2D eigenvalue weighted by Crippen LogP contribution is -2.46. The van der Waals surface area contributed by atoms with Gasteiger partial charge in [0.2, 0.25) is 5.91 Å². The second-order valence-corrected chi connectivity index (χ2v) is 10.2. The van der Waals surface area contributed by atoms with Crippen LogP contribution in [0.1, 0.15) is 34.6 Å². The molecule has 0 heterocycles. The van der Waals surface area contributed by atoms with Gasteiger partial charge in [-0.2, -0.15) is 0 Å². The number of carbonyl (C=O) groups excluding carboxylic acids is 3. The minimum absolute atomic E-state index is 0.198. The van der Waals surface area contributed by atoms with Crippen molar-refractivity contribution in [1.29, 1.82) is 0 Å². The Morgan fingerprint density at radius 1 is 0.864 bits per heavy atom. The smallest absolute Gasteiger partial charge is 0.322 e. The summed E-state index contributed by atoms with van der Waals surface area (Å²) in [6.45, 7) is 7.72. The summed E-state index contributed by atoms with van der Waals surface area (Å²) in [5.41, 5.74) is -1.17. The monoisotopic (exact) mass is 443 g/mol. The normalized spacial score (nSPS) is 12.5. The van der Waals surface area contributed by atoms with Crippen LogP contribution in [0.3, 0.4) is 0 Å². The third-order valence-corrected chi connectivity index (χ3v) is 3.44. The molecular weight excluding hydrogens is 422 g/mol. The first-order chi connectivity index (χ1) is 9.74. The van der Waals surface area contributed by atoms with E-state index >= 15 is 0 Å². The molecule has 22 heavy (non-hydrogen) atoms. The van der Waals surface area contributed by atoms with Crippen LogP contribution in [0.15, 0.2) is 0 Å². The first kappa shape index (κ1) is 21.4. The van der Waals surface area contributed by atoms with Crippen molar-refractivity contribution >= 4 is 49.7 Å². The molecule has 0 aromatic carbocycles. The Hall–Kier alpha value is -0.630. The number of halogens is 2. The number of rotatable bonds is 7. The highest BCUT2D eigenvalue weighted by Crippen LogP contribution is 2.24. The summed E-state index contributed by atoms with van der Waals surface area (Å²) >= 11 is 6.37. The SMILES string of the molecule is CNC(=O)C(C)(COC(=O)C(C)(C)Br)COC(=O)C(C)(C)Br. The molecular formula is C14H23Br2NO5. The van der Waals surface area contributed by atoms with Crippen molar-refractivity contribution in [3.8, 4) is 0 Å². The molecule has 6 nitrogen and oxygen atoms in total. The van der Waals surface area contributed by atoms with Crippen molar-refractivity contribution in [2.24, 2.45) is 5.41 Å². The van der Waals surface area contributed by atoms with Crippen molar-refractivity contribution in [2.75, 3.05) is 20.3 Å². The molecule has 0 unspecified atom stereocenters. The fourth-order valence-corrected chi connectivity index (χ4v) is 1.50. The number of nitrogens with one attached hydrogen (secondary N) is 1. The Morgan fingerprint density at radius 2 is 1.18 bits per heavy atom. The van der Waals surface area contributed by atoms with Crippen molar-refractivity contribution < 1.29 is 23.9 Å². The van der Waals surface area contributed by atoms with Crippen molar-refractivity contribution in [1.82, 2.24) is 5.32 Å². The molecule has 0 radical (unpaired) electrons. The van der Waals surface area contributed by atoms with Gasteiger partial charge in [0.05, 0.1) is 0 Å². The second-order valence-electron chi connectivity index (χ2n) is 6.24. The summed E-state index contributed by atoms with van der Waals surface area (Å²) in [5.74, 6) is -1.39. The zero-order chi connectivity index (χ0) is 17.8. The lowest BCUT2D eigenvalue weighted by molar-refractivity contribution is -0.159. The minimum Gasteiger partial charge on any atom is -0.463 e. The predicted molar refractivity (Wildman–Crippen MR) is 90.1 cm³/mol. The largest absolute Gasteiger partial charge is 0.463 e. The van der Waals surface area contributed by atoms with E-state index in [4.69, 9.17) is 9.47 Å². The number of hydrogen-bond acceptors (Lipinski definition) is 5. The van der Waals surface area contributed by atoms with Crippen LogP contribution in [0.2, 0.25) is 0 Å². The van der Waals surface area contributed by atoms with Gasteiger partial charge in [0, 0.05) is 7.05 Å². The van der Waals surface area contributed by atoms with Crippen LogP contribution < -0.4 is 5.32 Å². The standard InChI is InChI=1S/C14H23Br2NO5/c1-12(2,15)10(19)21-7-14(5,9(18)17-6)8-22-11(20)13(3,4)16/h7-8H2,1-6H3,(H,17,18). The number of carbonyl (C=O) groups is 3. The Labute approximate surface area is 147 Å². The fraction of sp³-hybridized carbons (Fsp3) is 0.786. The molecule has 0 spiro atoms. The maximum absolute atomic E-state index is 12.0. The number of alkyl halides is 2. The molecule has 8 heteroatoms. The van der Waals surface area contributed by atoms with Gasteiger partial charge in [0.25, 0.3) is 0 Å². The van der Waals surface area contributed by atoms with Crippen molar-refractivity contribution in [3.05, 3.63) is 0 Å². The Bertz CT molecular complexity index is 407. The van der Waals surface area contributed by atoms with Gasteiger partial charge < -0.3 is 14.8 Å². The molecule has 0 aliphatic carbocycles. The fourth-order valence-electron chi connectivity index (χ4n) is 1.27. The van der Waals surface area contributed by atoms with E-state index in [1.54, 1.807) is 34.6 Å². The van der Waals surface area contributed by atoms with Crippen LogP contribution in [0, 0.1) is 5.41 Å². The van der Waals surface area contributed by atoms with E-state index < -0.39 is 26.0 Å². The maximum atomic E-state index is 12.0. The zero-order valence-electron chi connectivity index (χ0n) is 13.7. The Balaban J connectivity index is 4.92. The van der Waals surface area contributed by atoms with Crippen LogP contribution in [0.25, 0.3) is 0 Å². The van der Waals surface area contributed by atoms with Gasteiger partial charge in [0.1, 0.15) is 27.3 Å². The maximum Gasteiger partial charge on any atom is 0.322 e. The van der Waals surface area contributed by atoms with E-state index in [0.29, 0.717) is 0 Å². The van der Waals surface area contributed by atoms with Gasteiger partial charge in [-0.3, -0.25) is 14.4 Å². The van der Waals surface area contributed by atoms with E-state index in [1.165, 1.54) is 7.05 Å². The third-order valence-electron chi connectivity index (χ3n) is 2.79. The van der Waals surface area contributed by atoms with Gasteiger partial charge in [-0.15, -0.1) is 0 Å². The molecule has 0 atom stereocenters. The molecule has 0 aromatic rings. The molecule has 0 aliphatic heterocycles. The van der Waals surface area contributed by atoms with Crippen LogP contribution >= 0.6 is 31.9 Å². The number of amides is 1. The summed E-state index contributed by atoms with van der Waals surface area (Å²) in [5, 5.41) is 2.49. The number of hydrogen-bond donors (Lipinski definition) is 1. The average molecular weight is 445 g/mol. The Morgan fingerprint density at radius 3 is 1.41 bits per heavy atom. The Kier molecular flexibility index (Phi) is 7.54. The van der Waals surface area contributed by atoms with E-state index in [-0.39, 0.29) is 19.1 Å². The summed E-state index contributed by atoms with van der Waals surface area (Å²) in [4.78, 5) is 35.6. The summed E-state index contributed by atoms with van der Waals surface area (Å²) in [6.07, 6.45) is 0. The van der Waals surface area contributed by atoms with Crippen LogP contribution in [0.4, 0.5) is 0 Å². The van der Waals surface area contributed by atoms with Gasteiger partial charge in [-0.05, 0) is 34.6 Å². The molecule has 0 saturated carbocycles. The topological polar surface area (TPSA) is 81.7 Å². The van der Waals surface area contributed by atoms with Crippen LogP contribution in [-0.2, 0) is 23.9 Å². The highest BCUT2D eigenvalue weighted by atomic mass is 79.9. The highest BCUT2D eigenvalue weighted by molar-refractivity contribution is 9.10. The summed E-state index contributed by atoms with van der Waals surface area (Å²) in [7, 11) is 1.47. The predicted octanol–water partition coefficient (Wildman–Crippen LogP) is 2.17. The summed E-state index contributed by atoms with van der Waals surface area (Å²) < 4.78 is 8.61. The van der Waals surface area contributed by atoms with Crippen molar-refractivity contribution in [2.45, 2.75) is 43.3 Å². The van der Waals surface area contributed by atoms with Crippen molar-refractivity contribution in [3.63, 3.8) is 0 Å². The minimum atomic E-state index is -1.17.